The van der Waals surface area contributed by atoms with E-state index in [0.29, 0.717) is 23.5 Å². The molecule has 2 aromatic rings. The van der Waals surface area contributed by atoms with E-state index in [1.54, 1.807) is 30.3 Å². The zero-order valence-electron chi connectivity index (χ0n) is 15.1. The summed E-state index contributed by atoms with van der Waals surface area (Å²) in [6, 6.07) is 8.21. The lowest BCUT2D eigenvalue weighted by atomic mass is 9.92. The molecule has 0 bridgehead atoms. The number of phenolic OH excluding ortho intramolecular Hbond substituents is 2. The predicted octanol–water partition coefficient (Wildman–Crippen LogP) is 4.32. The van der Waals surface area contributed by atoms with E-state index >= 15 is 0 Å². The molecule has 0 aliphatic carbocycles. The first-order chi connectivity index (χ1) is 12.4. The molecule has 1 unspecified atom stereocenters. The molecule has 1 aliphatic heterocycles. The average molecular weight is 354 g/mol. The average Bonchev–Trinajstić information content (AvgIpc) is 2.60. The third-order valence-electron chi connectivity index (χ3n) is 4.45. The minimum atomic E-state index is -0.469. The summed E-state index contributed by atoms with van der Waals surface area (Å²) < 4.78 is 11.4. The van der Waals surface area contributed by atoms with Crippen LogP contribution in [0.4, 0.5) is 0 Å². The van der Waals surface area contributed by atoms with Gasteiger partial charge in [0.1, 0.15) is 34.7 Å². The number of benzene rings is 2. The van der Waals surface area contributed by atoms with E-state index in [2.05, 4.69) is 0 Å². The van der Waals surface area contributed by atoms with Crippen molar-refractivity contribution >= 4 is 5.78 Å². The molecule has 5 nitrogen and oxygen atoms in total. The number of ether oxygens (including phenoxy) is 2. The van der Waals surface area contributed by atoms with Gasteiger partial charge >= 0.3 is 0 Å². The minimum absolute atomic E-state index is 0.0778. The lowest BCUT2D eigenvalue weighted by molar-refractivity contribution is 0.0844. The van der Waals surface area contributed by atoms with Crippen molar-refractivity contribution in [1.82, 2.24) is 0 Å². The summed E-state index contributed by atoms with van der Waals surface area (Å²) in [5.74, 6) is 0.695. The van der Waals surface area contributed by atoms with Gasteiger partial charge in [-0.1, -0.05) is 23.8 Å². The van der Waals surface area contributed by atoms with Crippen molar-refractivity contribution in [2.75, 3.05) is 7.11 Å². The van der Waals surface area contributed by atoms with Crippen LogP contribution < -0.4 is 9.47 Å². The van der Waals surface area contributed by atoms with E-state index in [1.807, 2.05) is 19.9 Å². The monoisotopic (exact) mass is 354 g/mol. The van der Waals surface area contributed by atoms with Crippen LogP contribution in [-0.4, -0.2) is 23.1 Å². The molecule has 2 N–H and O–H groups in total. The van der Waals surface area contributed by atoms with Crippen molar-refractivity contribution in [3.8, 4) is 23.0 Å². The lowest BCUT2D eigenvalue weighted by Gasteiger charge is -2.27. The number of rotatable bonds is 4. The van der Waals surface area contributed by atoms with E-state index in [1.165, 1.54) is 7.11 Å². The van der Waals surface area contributed by atoms with E-state index in [4.69, 9.17) is 9.47 Å². The minimum Gasteiger partial charge on any atom is -0.508 e. The van der Waals surface area contributed by atoms with E-state index in [-0.39, 0.29) is 29.3 Å². The van der Waals surface area contributed by atoms with Gasteiger partial charge in [0.2, 0.25) is 0 Å². The van der Waals surface area contributed by atoms with Crippen molar-refractivity contribution < 1.29 is 24.5 Å². The quantitative estimate of drug-likeness (QED) is 0.800. The number of methoxy groups -OCH3 is 1. The maximum atomic E-state index is 12.7. The molecule has 2 aromatic carbocycles. The second-order valence-electron chi connectivity index (χ2n) is 6.59. The summed E-state index contributed by atoms with van der Waals surface area (Å²) in [4.78, 5) is 12.7. The molecule has 0 saturated carbocycles. The molecule has 136 valence electrons. The maximum absolute atomic E-state index is 12.7. The van der Waals surface area contributed by atoms with E-state index in [0.717, 1.165) is 11.1 Å². The van der Waals surface area contributed by atoms with Crippen LogP contribution in [0.5, 0.6) is 23.0 Å². The molecule has 1 aliphatic rings. The van der Waals surface area contributed by atoms with Crippen LogP contribution >= 0.6 is 0 Å². The Kier molecular flexibility index (Phi) is 4.89. The van der Waals surface area contributed by atoms with Gasteiger partial charge in [0.15, 0.2) is 5.78 Å². The van der Waals surface area contributed by atoms with Crippen LogP contribution in [0.15, 0.2) is 42.0 Å². The number of carbonyl (C=O) groups is 1. The van der Waals surface area contributed by atoms with Crippen molar-refractivity contribution in [3.63, 3.8) is 0 Å². The fourth-order valence-corrected chi connectivity index (χ4v) is 3.05. The second kappa shape index (κ2) is 7.12. The molecule has 0 fully saturated rings. The standard InChI is InChI=1S/C21H22O5/c1-12(2)4-9-15-18(25-3)11-19-20(21(15)24)16(23)10-17(26-19)13-5-7-14(22)8-6-13/h4-8,11,17,22,24H,9-10H2,1-3H3. The van der Waals surface area contributed by atoms with Gasteiger partial charge < -0.3 is 19.7 Å². The smallest absolute Gasteiger partial charge is 0.174 e. The predicted molar refractivity (Wildman–Crippen MR) is 98.2 cm³/mol. The highest BCUT2D eigenvalue weighted by molar-refractivity contribution is 6.03. The molecular formula is C21H22O5. The Labute approximate surface area is 152 Å². The number of hydrogen-bond acceptors (Lipinski definition) is 5. The molecule has 0 radical (unpaired) electrons. The van der Waals surface area contributed by atoms with Crippen LogP contribution in [0.2, 0.25) is 0 Å². The van der Waals surface area contributed by atoms with Crippen LogP contribution in [0.3, 0.4) is 0 Å². The molecule has 5 heteroatoms. The molecule has 0 amide bonds. The van der Waals surface area contributed by atoms with Crippen LogP contribution in [0.25, 0.3) is 0 Å². The Morgan fingerprint density at radius 1 is 1.27 bits per heavy atom. The first kappa shape index (κ1) is 17.9. The largest absolute Gasteiger partial charge is 0.508 e. The highest BCUT2D eigenvalue weighted by Gasteiger charge is 2.32. The molecule has 0 aromatic heterocycles. The van der Waals surface area contributed by atoms with Gasteiger partial charge in [0.05, 0.1) is 13.5 Å². The van der Waals surface area contributed by atoms with Crippen molar-refractivity contribution in [1.29, 1.82) is 0 Å². The fourth-order valence-electron chi connectivity index (χ4n) is 3.05. The Morgan fingerprint density at radius 3 is 2.58 bits per heavy atom. The van der Waals surface area contributed by atoms with Crippen LogP contribution in [-0.2, 0) is 6.42 Å². The first-order valence-corrected chi connectivity index (χ1v) is 8.45. The van der Waals surface area contributed by atoms with Gasteiger partial charge in [-0.05, 0) is 38.0 Å². The lowest BCUT2D eigenvalue weighted by Crippen LogP contribution is -2.21. The van der Waals surface area contributed by atoms with Crippen LogP contribution in [0, 0.1) is 0 Å². The third kappa shape index (κ3) is 3.38. The molecule has 26 heavy (non-hydrogen) atoms. The van der Waals surface area contributed by atoms with Gasteiger partial charge in [-0.15, -0.1) is 0 Å². The van der Waals surface area contributed by atoms with Gasteiger partial charge in [0.25, 0.3) is 0 Å². The topological polar surface area (TPSA) is 76.0 Å². The Bertz CT molecular complexity index is 861. The van der Waals surface area contributed by atoms with Gasteiger partial charge in [-0.3, -0.25) is 4.79 Å². The number of Topliss-reactive ketones (excluding diaryl/α,β-unsaturated/α-hetero) is 1. The van der Waals surface area contributed by atoms with Crippen molar-refractivity contribution in [2.45, 2.75) is 32.8 Å². The van der Waals surface area contributed by atoms with Crippen molar-refractivity contribution in [2.24, 2.45) is 0 Å². The SMILES string of the molecule is COc1cc2c(c(O)c1CC=C(C)C)C(=O)CC(c1ccc(O)cc1)O2. The number of hydrogen-bond donors (Lipinski definition) is 2. The number of allylic oxidation sites excluding steroid dienone is 2. The first-order valence-electron chi connectivity index (χ1n) is 8.45. The van der Waals surface area contributed by atoms with Crippen LogP contribution in [0.1, 0.15) is 47.9 Å². The van der Waals surface area contributed by atoms with Gasteiger partial charge in [-0.25, -0.2) is 0 Å². The normalized spacial score (nSPS) is 15.8. The summed E-state index contributed by atoms with van der Waals surface area (Å²) in [7, 11) is 1.52. The molecule has 1 atom stereocenters. The summed E-state index contributed by atoms with van der Waals surface area (Å²) >= 11 is 0. The summed E-state index contributed by atoms with van der Waals surface area (Å²) in [6.07, 6.45) is 2.10. The molecule has 1 heterocycles. The fraction of sp³-hybridized carbons (Fsp3) is 0.286. The summed E-state index contributed by atoms with van der Waals surface area (Å²) in [6.45, 7) is 3.94. The highest BCUT2D eigenvalue weighted by atomic mass is 16.5. The zero-order chi connectivity index (χ0) is 18.8. The summed E-state index contributed by atoms with van der Waals surface area (Å²) in [5.41, 5.74) is 2.68. The summed E-state index contributed by atoms with van der Waals surface area (Å²) in [5, 5.41) is 20.1. The van der Waals surface area contributed by atoms with Crippen molar-refractivity contribution in [3.05, 3.63) is 58.7 Å². The number of phenols is 2. The number of ketones is 1. The van der Waals surface area contributed by atoms with Gasteiger partial charge in [-0.2, -0.15) is 0 Å². The van der Waals surface area contributed by atoms with E-state index in [9.17, 15) is 15.0 Å². The maximum Gasteiger partial charge on any atom is 0.174 e. The van der Waals surface area contributed by atoms with E-state index < -0.39 is 6.10 Å². The number of fused-ring (bicyclic) bond motifs is 1. The number of aromatic hydroxyl groups is 2. The third-order valence-corrected chi connectivity index (χ3v) is 4.45. The highest BCUT2D eigenvalue weighted by Crippen LogP contribution is 2.45. The molecule has 0 spiro atoms. The second-order valence-corrected chi connectivity index (χ2v) is 6.59. The Balaban J connectivity index is 2.02. The number of carbonyl (C=O) groups excluding carboxylic acids is 1. The van der Waals surface area contributed by atoms with Gasteiger partial charge in [0, 0.05) is 11.6 Å². The molecule has 3 rings (SSSR count). The molecular weight excluding hydrogens is 332 g/mol. The molecule has 0 saturated heterocycles. The zero-order valence-corrected chi connectivity index (χ0v) is 15.1. The Hall–Kier alpha value is -2.95. The Morgan fingerprint density at radius 2 is 1.96 bits per heavy atom.